The molecule has 0 radical (unpaired) electrons. The Bertz CT molecular complexity index is 1340. The molecule has 8 heteroatoms. The van der Waals surface area contributed by atoms with E-state index in [0.29, 0.717) is 22.5 Å². The molecule has 0 aromatic heterocycles. The number of aryl methyl sites for hydroxylation is 2. The number of hydrogen-bond donors (Lipinski definition) is 3. The summed E-state index contributed by atoms with van der Waals surface area (Å²) in [4.78, 5) is 24.9. The smallest absolute Gasteiger partial charge is 0.337 e. The number of benzene rings is 3. The third-order valence-corrected chi connectivity index (χ3v) is 5.49. The summed E-state index contributed by atoms with van der Waals surface area (Å²) in [5.74, 6) is -1.61. The van der Waals surface area contributed by atoms with Gasteiger partial charge in [-0.1, -0.05) is 36.4 Å². The first-order chi connectivity index (χ1) is 15.8. The fourth-order valence-corrected chi connectivity index (χ4v) is 3.55. The van der Waals surface area contributed by atoms with Gasteiger partial charge in [-0.3, -0.25) is 10.2 Å². The lowest BCUT2D eigenvalue weighted by Crippen LogP contribution is -2.28. The molecule has 1 aliphatic rings. The summed E-state index contributed by atoms with van der Waals surface area (Å²) in [6, 6.07) is 16.9. The highest BCUT2D eigenvalue weighted by molar-refractivity contribution is 6.71. The van der Waals surface area contributed by atoms with E-state index in [2.05, 4.69) is 15.6 Å². The Morgan fingerprint density at radius 3 is 2.39 bits per heavy atom. The lowest BCUT2D eigenvalue weighted by molar-refractivity contribution is -0.112. The van der Waals surface area contributed by atoms with E-state index in [9.17, 15) is 19.8 Å². The van der Waals surface area contributed by atoms with Gasteiger partial charge in [0.05, 0.1) is 22.6 Å². The molecular weight excluding hydrogens is 420 g/mol. The van der Waals surface area contributed by atoms with Crippen LogP contribution in [0.3, 0.4) is 0 Å². The molecule has 8 nitrogen and oxygen atoms in total. The van der Waals surface area contributed by atoms with Crippen LogP contribution in [-0.4, -0.2) is 33.5 Å². The number of para-hydroxylation sites is 2. The van der Waals surface area contributed by atoms with E-state index in [4.69, 9.17) is 0 Å². The molecule has 0 unspecified atom stereocenters. The highest BCUT2D eigenvalue weighted by Gasteiger charge is 2.31. The molecule has 0 bridgehead atoms. The number of carboxylic acids is 1. The van der Waals surface area contributed by atoms with Crippen LogP contribution < -0.4 is 10.4 Å². The van der Waals surface area contributed by atoms with Crippen LogP contribution in [0.4, 0.5) is 11.4 Å². The average molecular weight is 442 g/mol. The molecule has 0 spiro atoms. The summed E-state index contributed by atoms with van der Waals surface area (Å²) in [5, 5.41) is 29.8. The van der Waals surface area contributed by atoms with Crippen molar-refractivity contribution in [2.45, 2.75) is 20.8 Å². The van der Waals surface area contributed by atoms with Crippen LogP contribution in [-0.2, 0) is 4.79 Å². The fraction of sp³-hybridized carbons (Fsp3) is 0.120. The minimum atomic E-state index is -1.17. The van der Waals surface area contributed by atoms with Gasteiger partial charge in [0.1, 0.15) is 5.75 Å². The third kappa shape index (κ3) is 4.06. The number of phenols is 1. The maximum absolute atomic E-state index is 13.0. The van der Waals surface area contributed by atoms with Gasteiger partial charge in [-0.25, -0.2) is 4.79 Å². The van der Waals surface area contributed by atoms with Crippen molar-refractivity contribution in [3.8, 4) is 16.9 Å². The minimum absolute atomic E-state index is 0.00802. The molecule has 1 heterocycles. The van der Waals surface area contributed by atoms with Crippen molar-refractivity contribution in [3.63, 3.8) is 0 Å². The number of rotatable bonds is 5. The normalized spacial score (nSPS) is 14.5. The summed E-state index contributed by atoms with van der Waals surface area (Å²) >= 11 is 0. The molecule has 3 aromatic rings. The van der Waals surface area contributed by atoms with E-state index < -0.39 is 11.9 Å². The number of carbonyl (C=O) groups excluding carboxylic acids is 1. The number of anilines is 2. The van der Waals surface area contributed by atoms with E-state index in [1.54, 1.807) is 37.3 Å². The van der Waals surface area contributed by atoms with Gasteiger partial charge >= 0.3 is 11.9 Å². The molecule has 0 saturated heterocycles. The van der Waals surface area contributed by atoms with Gasteiger partial charge < -0.3 is 10.2 Å². The lowest BCUT2D eigenvalue weighted by atomic mass is 9.99. The van der Waals surface area contributed by atoms with Crippen molar-refractivity contribution in [3.05, 3.63) is 77.4 Å². The van der Waals surface area contributed by atoms with Gasteiger partial charge in [-0.05, 0) is 56.2 Å². The Kier molecular flexibility index (Phi) is 5.66. The number of hydrogen-bond acceptors (Lipinski definition) is 6. The average Bonchev–Trinajstić information content (AvgIpc) is 3.07. The standard InChI is InChI=1S/C25H22N4O4/c1-14-11-12-17(13-15(14)2)29-24(31)22(16(3)28-29)26-27-23-19(8-6-9-20(23)25(32)33)18-7-4-5-10-21(18)30/h4-13,27,30H,1-3H3,(H,32,33). The molecule has 3 N–H and O–H groups in total. The fourth-order valence-electron chi connectivity index (χ4n) is 3.55. The Morgan fingerprint density at radius 1 is 0.970 bits per heavy atom. The summed E-state index contributed by atoms with van der Waals surface area (Å²) in [7, 11) is 0. The molecule has 1 aliphatic heterocycles. The molecule has 0 fully saturated rings. The number of aromatic hydroxyl groups is 1. The predicted molar refractivity (Wildman–Crippen MR) is 128 cm³/mol. The third-order valence-electron chi connectivity index (χ3n) is 5.49. The summed E-state index contributed by atoms with van der Waals surface area (Å²) < 4.78 is 0. The van der Waals surface area contributed by atoms with Crippen LogP contribution in [0.2, 0.25) is 0 Å². The van der Waals surface area contributed by atoms with Crippen molar-refractivity contribution in [2.75, 3.05) is 10.4 Å². The van der Waals surface area contributed by atoms with E-state index in [1.165, 1.54) is 17.1 Å². The number of amides is 1. The summed E-state index contributed by atoms with van der Waals surface area (Å²) in [6.07, 6.45) is 0. The maximum atomic E-state index is 13.0. The number of carbonyl (C=O) groups is 2. The van der Waals surface area contributed by atoms with Crippen LogP contribution >= 0.6 is 0 Å². The van der Waals surface area contributed by atoms with Gasteiger partial charge in [0.2, 0.25) is 0 Å². The lowest BCUT2D eigenvalue weighted by Gasteiger charge is -2.14. The van der Waals surface area contributed by atoms with E-state index in [1.807, 2.05) is 32.0 Å². The van der Waals surface area contributed by atoms with Gasteiger partial charge in [0.15, 0.2) is 5.71 Å². The molecule has 0 saturated carbocycles. The number of hydrazone groups is 2. The second kappa shape index (κ2) is 8.58. The van der Waals surface area contributed by atoms with Crippen molar-refractivity contribution in [2.24, 2.45) is 10.2 Å². The zero-order chi connectivity index (χ0) is 23.7. The van der Waals surface area contributed by atoms with Gasteiger partial charge in [0.25, 0.3) is 0 Å². The van der Waals surface area contributed by atoms with E-state index >= 15 is 0 Å². The quantitative estimate of drug-likeness (QED) is 0.501. The van der Waals surface area contributed by atoms with Gasteiger partial charge in [-0.2, -0.15) is 15.2 Å². The highest BCUT2D eigenvalue weighted by atomic mass is 16.4. The van der Waals surface area contributed by atoms with Crippen LogP contribution in [0.1, 0.15) is 28.4 Å². The number of phenolic OH excluding ortho intramolecular Hbond substituents is 1. The van der Waals surface area contributed by atoms with E-state index in [0.717, 1.165) is 11.1 Å². The Morgan fingerprint density at radius 2 is 1.70 bits per heavy atom. The number of aromatic carboxylic acids is 1. The Labute approximate surface area is 190 Å². The van der Waals surface area contributed by atoms with Crippen molar-refractivity contribution >= 4 is 34.7 Å². The summed E-state index contributed by atoms with van der Waals surface area (Å²) in [5.41, 5.74) is 6.93. The molecular formula is C25H22N4O4. The van der Waals surface area contributed by atoms with E-state index in [-0.39, 0.29) is 22.7 Å². The first-order valence-corrected chi connectivity index (χ1v) is 10.2. The van der Waals surface area contributed by atoms with Gasteiger partial charge in [-0.15, -0.1) is 0 Å². The van der Waals surface area contributed by atoms with Crippen LogP contribution in [0.5, 0.6) is 5.75 Å². The topological polar surface area (TPSA) is 115 Å². The maximum Gasteiger partial charge on any atom is 0.337 e. The Balaban J connectivity index is 1.73. The SMILES string of the molecule is CC1=NN(c2ccc(C)c(C)c2)C(=O)C1=NNc1c(C(=O)O)cccc1-c1ccccc1O. The first-order valence-electron chi connectivity index (χ1n) is 10.2. The minimum Gasteiger partial charge on any atom is -0.507 e. The van der Waals surface area contributed by atoms with Crippen LogP contribution in [0.15, 0.2) is 70.9 Å². The monoisotopic (exact) mass is 442 g/mol. The number of carboxylic acid groups (broad SMARTS) is 1. The zero-order valence-electron chi connectivity index (χ0n) is 18.3. The largest absolute Gasteiger partial charge is 0.507 e. The van der Waals surface area contributed by atoms with Crippen molar-refractivity contribution in [1.82, 2.24) is 0 Å². The molecule has 1 amide bonds. The highest BCUT2D eigenvalue weighted by Crippen LogP contribution is 2.36. The zero-order valence-corrected chi connectivity index (χ0v) is 18.3. The molecule has 33 heavy (non-hydrogen) atoms. The predicted octanol–water partition coefficient (Wildman–Crippen LogP) is 4.56. The molecule has 0 atom stereocenters. The van der Waals surface area contributed by atoms with Gasteiger partial charge in [0, 0.05) is 11.1 Å². The molecule has 0 aliphatic carbocycles. The van der Waals surface area contributed by atoms with Crippen LogP contribution in [0.25, 0.3) is 11.1 Å². The van der Waals surface area contributed by atoms with Crippen molar-refractivity contribution < 1.29 is 19.8 Å². The molecule has 4 rings (SSSR count). The van der Waals surface area contributed by atoms with Crippen molar-refractivity contribution in [1.29, 1.82) is 0 Å². The summed E-state index contributed by atoms with van der Waals surface area (Å²) in [6.45, 7) is 5.60. The second-order valence-corrected chi connectivity index (χ2v) is 7.69. The Hall–Kier alpha value is -4.46. The number of nitrogens with one attached hydrogen (secondary N) is 1. The first kappa shape index (κ1) is 21.8. The number of nitrogens with zero attached hydrogens (tertiary/aromatic N) is 3. The molecule has 166 valence electrons. The molecule has 3 aromatic carbocycles. The van der Waals surface area contributed by atoms with Crippen LogP contribution in [0, 0.1) is 13.8 Å². The second-order valence-electron chi connectivity index (χ2n) is 7.69.